The van der Waals surface area contributed by atoms with Gasteiger partial charge in [-0.25, -0.2) is 0 Å². The summed E-state index contributed by atoms with van der Waals surface area (Å²) in [6.45, 7) is 2.07. The second-order valence-electron chi connectivity index (χ2n) is 3.84. The van der Waals surface area contributed by atoms with E-state index in [2.05, 4.69) is 47.1 Å². The van der Waals surface area contributed by atoms with Crippen LogP contribution in [0.4, 0.5) is 0 Å². The molecular formula is C15H12BrNS. The van der Waals surface area contributed by atoms with E-state index in [9.17, 15) is 0 Å². The number of nitriles is 1. The largest absolute Gasteiger partial charge is 0.192 e. The monoisotopic (exact) mass is 317 g/mol. The number of halogens is 1. The molecule has 2 rings (SSSR count). The summed E-state index contributed by atoms with van der Waals surface area (Å²) in [6.07, 6.45) is 0.887. The standard InChI is InChI=1S/C15H12BrNS/c1-2-11-9-15(6-3-12(11)10-17)18-14-7-4-13(16)5-8-14/h3-9H,2H2,1H3. The highest BCUT2D eigenvalue weighted by Crippen LogP contribution is 2.30. The van der Waals surface area contributed by atoms with E-state index in [1.165, 1.54) is 9.79 Å². The van der Waals surface area contributed by atoms with E-state index >= 15 is 0 Å². The van der Waals surface area contributed by atoms with Crippen LogP contribution >= 0.6 is 27.7 Å². The molecule has 0 unspecified atom stereocenters. The van der Waals surface area contributed by atoms with Crippen molar-refractivity contribution >= 4 is 27.7 Å². The molecule has 3 heteroatoms. The zero-order valence-corrected chi connectivity index (χ0v) is 12.4. The topological polar surface area (TPSA) is 23.8 Å². The molecule has 0 radical (unpaired) electrons. The van der Waals surface area contributed by atoms with Gasteiger partial charge < -0.3 is 0 Å². The van der Waals surface area contributed by atoms with Gasteiger partial charge in [0.2, 0.25) is 0 Å². The van der Waals surface area contributed by atoms with E-state index in [1.54, 1.807) is 11.8 Å². The van der Waals surface area contributed by atoms with E-state index in [-0.39, 0.29) is 0 Å². The van der Waals surface area contributed by atoms with Gasteiger partial charge in [0, 0.05) is 14.3 Å². The Morgan fingerprint density at radius 1 is 1.11 bits per heavy atom. The number of benzene rings is 2. The Bertz CT molecular complexity index is 584. The van der Waals surface area contributed by atoms with Crippen molar-refractivity contribution in [2.24, 2.45) is 0 Å². The van der Waals surface area contributed by atoms with Crippen LogP contribution in [0.15, 0.2) is 56.7 Å². The molecule has 0 amide bonds. The molecular weight excluding hydrogens is 306 g/mol. The van der Waals surface area contributed by atoms with Gasteiger partial charge in [-0.15, -0.1) is 0 Å². The average Bonchev–Trinajstić information content (AvgIpc) is 2.41. The molecule has 1 nitrogen and oxygen atoms in total. The summed E-state index contributed by atoms with van der Waals surface area (Å²) in [5.41, 5.74) is 1.89. The molecule has 18 heavy (non-hydrogen) atoms. The van der Waals surface area contributed by atoms with Crippen LogP contribution in [-0.4, -0.2) is 0 Å². The first-order valence-electron chi connectivity index (χ1n) is 5.69. The summed E-state index contributed by atoms with van der Waals surface area (Å²) in [4.78, 5) is 2.37. The molecule has 0 aliphatic heterocycles. The highest BCUT2D eigenvalue weighted by molar-refractivity contribution is 9.10. The Labute approximate surface area is 120 Å². The summed E-state index contributed by atoms with van der Waals surface area (Å²) in [5, 5.41) is 9.00. The quantitative estimate of drug-likeness (QED) is 0.792. The fourth-order valence-electron chi connectivity index (χ4n) is 1.67. The van der Waals surface area contributed by atoms with Gasteiger partial charge >= 0.3 is 0 Å². The van der Waals surface area contributed by atoms with Gasteiger partial charge in [-0.3, -0.25) is 0 Å². The predicted molar refractivity (Wildman–Crippen MR) is 78.8 cm³/mol. The molecule has 0 atom stereocenters. The number of hydrogen-bond acceptors (Lipinski definition) is 2. The Balaban J connectivity index is 2.25. The third kappa shape index (κ3) is 3.16. The van der Waals surface area contributed by atoms with Crippen LogP contribution in [0.5, 0.6) is 0 Å². The number of rotatable bonds is 3. The molecule has 0 saturated heterocycles. The fraction of sp³-hybridized carbons (Fsp3) is 0.133. The number of hydrogen-bond donors (Lipinski definition) is 0. The van der Waals surface area contributed by atoms with Crippen LogP contribution in [0.3, 0.4) is 0 Å². The summed E-state index contributed by atoms with van der Waals surface area (Å²) < 4.78 is 1.08. The van der Waals surface area contributed by atoms with Crippen molar-refractivity contribution in [3.05, 3.63) is 58.1 Å². The molecule has 0 heterocycles. The molecule has 0 aromatic heterocycles. The van der Waals surface area contributed by atoms with Crippen LogP contribution in [0.1, 0.15) is 18.1 Å². The molecule has 0 bridgehead atoms. The molecule has 0 spiro atoms. The lowest BCUT2D eigenvalue weighted by Crippen LogP contribution is -1.87. The van der Waals surface area contributed by atoms with E-state index in [1.807, 2.05) is 24.3 Å². The SMILES string of the molecule is CCc1cc(Sc2ccc(Br)cc2)ccc1C#N. The first-order chi connectivity index (χ1) is 8.72. The highest BCUT2D eigenvalue weighted by atomic mass is 79.9. The maximum atomic E-state index is 9.00. The Kier molecular flexibility index (Phi) is 4.46. The van der Waals surface area contributed by atoms with E-state index < -0.39 is 0 Å². The second-order valence-corrected chi connectivity index (χ2v) is 5.90. The summed E-state index contributed by atoms with van der Waals surface area (Å²) in [7, 11) is 0. The predicted octanol–water partition coefficient (Wildman–Crippen LogP) is 5.03. The van der Waals surface area contributed by atoms with Crippen LogP contribution in [-0.2, 0) is 6.42 Å². The molecule has 90 valence electrons. The van der Waals surface area contributed by atoms with Crippen LogP contribution in [0, 0.1) is 11.3 Å². The van der Waals surface area contributed by atoms with Gasteiger partial charge in [-0.05, 0) is 54.4 Å². The van der Waals surface area contributed by atoms with Gasteiger partial charge in [0.25, 0.3) is 0 Å². The van der Waals surface area contributed by atoms with Crippen molar-refractivity contribution in [1.82, 2.24) is 0 Å². The van der Waals surface area contributed by atoms with E-state index in [4.69, 9.17) is 5.26 Å². The Hall–Kier alpha value is -1.24. The maximum Gasteiger partial charge on any atom is 0.0994 e. The van der Waals surface area contributed by atoms with Crippen molar-refractivity contribution < 1.29 is 0 Å². The molecule has 0 N–H and O–H groups in total. The summed E-state index contributed by atoms with van der Waals surface area (Å²) >= 11 is 5.14. The zero-order valence-electron chi connectivity index (χ0n) is 9.98. The van der Waals surface area contributed by atoms with Gasteiger partial charge in [0.05, 0.1) is 11.6 Å². The maximum absolute atomic E-state index is 9.00. The minimum absolute atomic E-state index is 0.776. The third-order valence-electron chi connectivity index (χ3n) is 2.63. The summed E-state index contributed by atoms with van der Waals surface area (Å²) in [5.74, 6) is 0. The zero-order chi connectivity index (χ0) is 13.0. The Morgan fingerprint density at radius 2 is 1.78 bits per heavy atom. The first-order valence-corrected chi connectivity index (χ1v) is 7.30. The lowest BCUT2D eigenvalue weighted by Gasteiger charge is -2.05. The van der Waals surface area contributed by atoms with Crippen LogP contribution in [0.25, 0.3) is 0 Å². The number of aryl methyl sites for hydroxylation is 1. The first kappa shape index (κ1) is 13.2. The van der Waals surface area contributed by atoms with Crippen molar-refractivity contribution in [3.8, 4) is 6.07 Å². The Morgan fingerprint density at radius 3 is 2.39 bits per heavy atom. The molecule has 0 aliphatic rings. The lowest BCUT2D eigenvalue weighted by molar-refractivity contribution is 1.11. The van der Waals surface area contributed by atoms with Crippen molar-refractivity contribution in [1.29, 1.82) is 5.26 Å². The van der Waals surface area contributed by atoms with E-state index in [0.29, 0.717) is 0 Å². The third-order valence-corrected chi connectivity index (χ3v) is 4.15. The molecule has 0 aliphatic carbocycles. The number of nitrogens with zero attached hydrogens (tertiary/aromatic N) is 1. The fourth-order valence-corrected chi connectivity index (χ4v) is 2.82. The van der Waals surface area contributed by atoms with Gasteiger partial charge in [0.1, 0.15) is 0 Å². The normalized spacial score (nSPS) is 10.1. The van der Waals surface area contributed by atoms with Gasteiger partial charge in [-0.1, -0.05) is 34.6 Å². The van der Waals surface area contributed by atoms with Crippen LogP contribution < -0.4 is 0 Å². The lowest BCUT2D eigenvalue weighted by atomic mass is 10.1. The average molecular weight is 318 g/mol. The van der Waals surface area contributed by atoms with Crippen molar-refractivity contribution in [2.75, 3.05) is 0 Å². The van der Waals surface area contributed by atoms with Gasteiger partial charge in [-0.2, -0.15) is 5.26 Å². The molecule has 0 fully saturated rings. The molecule has 2 aromatic rings. The highest BCUT2D eigenvalue weighted by Gasteiger charge is 2.03. The van der Waals surface area contributed by atoms with E-state index in [0.717, 1.165) is 22.0 Å². The minimum Gasteiger partial charge on any atom is -0.192 e. The van der Waals surface area contributed by atoms with Crippen molar-refractivity contribution in [2.45, 2.75) is 23.1 Å². The minimum atomic E-state index is 0.776. The second kappa shape index (κ2) is 6.08. The smallest absolute Gasteiger partial charge is 0.0994 e. The molecule has 0 saturated carbocycles. The van der Waals surface area contributed by atoms with Crippen molar-refractivity contribution in [3.63, 3.8) is 0 Å². The van der Waals surface area contributed by atoms with Gasteiger partial charge in [0.15, 0.2) is 0 Å². The summed E-state index contributed by atoms with van der Waals surface area (Å²) in [6, 6.07) is 16.5. The molecule has 2 aromatic carbocycles. The van der Waals surface area contributed by atoms with Crippen LogP contribution in [0.2, 0.25) is 0 Å².